The van der Waals surface area contributed by atoms with Crippen LogP contribution < -0.4 is 5.32 Å². The number of nitrogens with zero attached hydrogens (tertiary/aromatic N) is 2. The van der Waals surface area contributed by atoms with Gasteiger partial charge in [0.25, 0.3) is 5.91 Å². The van der Waals surface area contributed by atoms with Gasteiger partial charge >= 0.3 is 0 Å². The number of benzene rings is 1. The van der Waals surface area contributed by atoms with E-state index in [9.17, 15) is 4.79 Å². The minimum absolute atomic E-state index is 0.0208. The maximum absolute atomic E-state index is 11.8. The van der Waals surface area contributed by atoms with Crippen molar-refractivity contribution in [1.82, 2.24) is 14.9 Å². The summed E-state index contributed by atoms with van der Waals surface area (Å²) in [6.07, 6.45) is 5.51. The lowest BCUT2D eigenvalue weighted by atomic mass is 10.1. The van der Waals surface area contributed by atoms with Crippen molar-refractivity contribution in [2.45, 2.75) is 13.1 Å². The van der Waals surface area contributed by atoms with Gasteiger partial charge in [-0.25, -0.2) is 4.98 Å². The van der Waals surface area contributed by atoms with Crippen LogP contribution in [-0.4, -0.2) is 15.5 Å². The fourth-order valence-electron chi connectivity index (χ4n) is 2.03. The number of hydrogen-bond donors (Lipinski definition) is 1. The Morgan fingerprint density at radius 1 is 1.19 bits per heavy atom. The molecule has 0 aliphatic heterocycles. The largest absolute Gasteiger partial charge is 0.347 e. The van der Waals surface area contributed by atoms with Crippen LogP contribution in [0, 0.1) is 0 Å². The number of imidazole rings is 1. The second-order valence-corrected chi connectivity index (χ2v) is 5.66. The van der Waals surface area contributed by atoms with Crippen LogP contribution in [0.15, 0.2) is 60.5 Å². The maximum atomic E-state index is 11.8. The molecule has 1 amide bonds. The molecule has 0 saturated carbocycles. The minimum Gasteiger partial charge on any atom is -0.347 e. The first kappa shape index (κ1) is 13.6. The van der Waals surface area contributed by atoms with Crippen LogP contribution in [0.5, 0.6) is 0 Å². The van der Waals surface area contributed by atoms with Gasteiger partial charge in [-0.15, -0.1) is 11.3 Å². The first-order chi connectivity index (χ1) is 10.3. The number of thiophene rings is 1. The summed E-state index contributed by atoms with van der Waals surface area (Å²) in [7, 11) is 0. The standard InChI is InChI=1S/C16H15N3OS/c20-16(15-2-1-9-21-15)18-10-13-3-5-14(6-4-13)11-19-8-7-17-12-19/h1-9,12H,10-11H2,(H,18,20). The number of amides is 1. The van der Waals surface area contributed by atoms with Crippen LogP contribution in [-0.2, 0) is 13.1 Å². The van der Waals surface area contributed by atoms with Crippen molar-refractivity contribution >= 4 is 17.2 Å². The first-order valence-corrected chi connectivity index (χ1v) is 7.54. The summed E-state index contributed by atoms with van der Waals surface area (Å²) < 4.78 is 2.02. The second kappa shape index (κ2) is 6.37. The molecule has 0 radical (unpaired) electrons. The smallest absolute Gasteiger partial charge is 0.261 e. The molecule has 4 nitrogen and oxygen atoms in total. The van der Waals surface area contributed by atoms with Gasteiger partial charge in [-0.3, -0.25) is 4.79 Å². The van der Waals surface area contributed by atoms with Gasteiger partial charge in [0.2, 0.25) is 0 Å². The lowest BCUT2D eigenvalue weighted by molar-refractivity contribution is 0.0955. The molecule has 3 aromatic rings. The fourth-order valence-corrected chi connectivity index (χ4v) is 2.67. The highest BCUT2D eigenvalue weighted by Gasteiger charge is 2.05. The van der Waals surface area contributed by atoms with E-state index in [1.165, 1.54) is 16.9 Å². The molecule has 2 heterocycles. The van der Waals surface area contributed by atoms with Crippen molar-refractivity contribution < 1.29 is 4.79 Å². The van der Waals surface area contributed by atoms with Crippen molar-refractivity contribution in [3.05, 3.63) is 76.5 Å². The van der Waals surface area contributed by atoms with E-state index in [-0.39, 0.29) is 5.91 Å². The zero-order valence-corrected chi connectivity index (χ0v) is 12.2. The van der Waals surface area contributed by atoms with Crippen LogP contribution in [0.4, 0.5) is 0 Å². The molecule has 3 rings (SSSR count). The summed E-state index contributed by atoms with van der Waals surface area (Å²) in [5.74, 6) is -0.0208. The van der Waals surface area contributed by atoms with Crippen molar-refractivity contribution in [3.63, 3.8) is 0 Å². The Morgan fingerprint density at radius 2 is 2.00 bits per heavy atom. The van der Waals surface area contributed by atoms with E-state index in [1.807, 2.05) is 40.4 Å². The number of hydrogen-bond acceptors (Lipinski definition) is 3. The number of carbonyl (C=O) groups excluding carboxylic acids is 1. The Bertz CT molecular complexity index is 688. The number of aromatic nitrogens is 2. The molecule has 1 N–H and O–H groups in total. The molecule has 0 aliphatic rings. The first-order valence-electron chi connectivity index (χ1n) is 6.66. The zero-order chi connectivity index (χ0) is 14.5. The molecule has 106 valence electrons. The van der Waals surface area contributed by atoms with Gasteiger partial charge < -0.3 is 9.88 Å². The normalized spacial score (nSPS) is 10.5. The Hall–Kier alpha value is -2.40. The van der Waals surface area contributed by atoms with E-state index in [0.29, 0.717) is 6.54 Å². The summed E-state index contributed by atoms with van der Waals surface area (Å²) in [6, 6.07) is 11.9. The van der Waals surface area contributed by atoms with Crippen molar-refractivity contribution in [3.8, 4) is 0 Å². The molecule has 5 heteroatoms. The average molecular weight is 297 g/mol. The van der Waals surface area contributed by atoms with Gasteiger partial charge in [-0.05, 0) is 22.6 Å². The van der Waals surface area contributed by atoms with Gasteiger partial charge in [0, 0.05) is 25.5 Å². The highest BCUT2D eigenvalue weighted by atomic mass is 32.1. The molecule has 0 spiro atoms. The molecule has 0 saturated heterocycles. The molecule has 1 aromatic carbocycles. The Labute approximate surface area is 127 Å². The van der Waals surface area contributed by atoms with Crippen LogP contribution in [0.2, 0.25) is 0 Å². The van der Waals surface area contributed by atoms with Crippen molar-refractivity contribution in [2.24, 2.45) is 0 Å². The molecular formula is C16H15N3OS. The summed E-state index contributed by atoms with van der Waals surface area (Å²) in [6.45, 7) is 1.35. The van der Waals surface area contributed by atoms with Crippen LogP contribution >= 0.6 is 11.3 Å². The van der Waals surface area contributed by atoms with E-state index in [4.69, 9.17) is 0 Å². The highest BCUT2D eigenvalue weighted by Crippen LogP contribution is 2.09. The topological polar surface area (TPSA) is 46.9 Å². The van der Waals surface area contributed by atoms with Gasteiger partial charge in [0.1, 0.15) is 0 Å². The van der Waals surface area contributed by atoms with E-state index < -0.39 is 0 Å². The van der Waals surface area contributed by atoms with E-state index in [1.54, 1.807) is 12.5 Å². The van der Waals surface area contributed by atoms with Gasteiger partial charge in [-0.2, -0.15) is 0 Å². The zero-order valence-electron chi connectivity index (χ0n) is 11.4. The number of nitrogens with one attached hydrogen (secondary N) is 1. The summed E-state index contributed by atoms with van der Waals surface area (Å²) >= 11 is 1.45. The third-order valence-corrected chi connectivity index (χ3v) is 4.01. The Kier molecular flexibility index (Phi) is 4.12. The monoisotopic (exact) mass is 297 g/mol. The maximum Gasteiger partial charge on any atom is 0.261 e. The molecule has 21 heavy (non-hydrogen) atoms. The van der Waals surface area contributed by atoms with Crippen molar-refractivity contribution in [2.75, 3.05) is 0 Å². The quantitative estimate of drug-likeness (QED) is 0.787. The van der Waals surface area contributed by atoms with Gasteiger partial charge in [-0.1, -0.05) is 30.3 Å². The van der Waals surface area contributed by atoms with Crippen LogP contribution in [0.1, 0.15) is 20.8 Å². The summed E-state index contributed by atoms with van der Waals surface area (Å²) in [4.78, 5) is 16.6. The lowest BCUT2D eigenvalue weighted by Crippen LogP contribution is -2.21. The molecular weight excluding hydrogens is 282 g/mol. The minimum atomic E-state index is -0.0208. The third-order valence-electron chi connectivity index (χ3n) is 3.15. The molecule has 0 atom stereocenters. The summed E-state index contributed by atoms with van der Waals surface area (Å²) in [5, 5.41) is 4.83. The van der Waals surface area contributed by atoms with Crippen LogP contribution in [0.3, 0.4) is 0 Å². The molecule has 0 aliphatic carbocycles. The SMILES string of the molecule is O=C(NCc1ccc(Cn2ccnc2)cc1)c1cccs1. The lowest BCUT2D eigenvalue weighted by Gasteiger charge is -2.06. The Balaban J connectivity index is 1.56. The van der Waals surface area contributed by atoms with Gasteiger partial charge in [0.05, 0.1) is 11.2 Å². The van der Waals surface area contributed by atoms with Crippen LogP contribution in [0.25, 0.3) is 0 Å². The molecule has 0 fully saturated rings. The van der Waals surface area contributed by atoms with Gasteiger partial charge in [0.15, 0.2) is 0 Å². The van der Waals surface area contributed by atoms with E-state index in [2.05, 4.69) is 22.4 Å². The average Bonchev–Trinajstić information content (AvgIpc) is 3.19. The number of rotatable bonds is 5. The predicted octanol–water partition coefficient (Wildman–Crippen LogP) is 2.92. The summed E-state index contributed by atoms with van der Waals surface area (Å²) in [5.41, 5.74) is 2.30. The highest BCUT2D eigenvalue weighted by molar-refractivity contribution is 7.12. The van der Waals surface area contributed by atoms with E-state index in [0.717, 1.165) is 17.0 Å². The second-order valence-electron chi connectivity index (χ2n) is 4.71. The third kappa shape index (κ3) is 3.58. The fraction of sp³-hybridized carbons (Fsp3) is 0.125. The Morgan fingerprint density at radius 3 is 2.67 bits per heavy atom. The van der Waals surface area contributed by atoms with E-state index >= 15 is 0 Å². The molecule has 0 bridgehead atoms. The molecule has 0 unspecified atom stereocenters. The molecule has 2 aromatic heterocycles. The predicted molar refractivity (Wildman–Crippen MR) is 83.3 cm³/mol. The number of carbonyl (C=O) groups is 1. The van der Waals surface area contributed by atoms with Crippen molar-refractivity contribution in [1.29, 1.82) is 0 Å².